The summed E-state index contributed by atoms with van der Waals surface area (Å²) < 4.78 is 9.81. The molecule has 3 aliphatic heterocycles. The van der Waals surface area contributed by atoms with Gasteiger partial charge in [0.15, 0.2) is 11.8 Å². The molecule has 3 heterocycles. The van der Waals surface area contributed by atoms with Crippen LogP contribution in [0.25, 0.3) is 0 Å². The van der Waals surface area contributed by atoms with Crippen LogP contribution in [-0.2, 0) is 9.57 Å². The number of likely N-dealkylation sites (N-methyl/N-ethyl adjacent to an activating group) is 1. The molecule has 0 aliphatic carbocycles. The van der Waals surface area contributed by atoms with Gasteiger partial charge in [-0.25, -0.2) is 0 Å². The molecule has 0 bridgehead atoms. The van der Waals surface area contributed by atoms with Crippen LogP contribution in [0.4, 0.5) is 0 Å². The number of morpholine rings is 1. The fourth-order valence-corrected chi connectivity index (χ4v) is 6.19. The molecule has 0 aromatic rings. The van der Waals surface area contributed by atoms with Crippen LogP contribution in [-0.4, -0.2) is 118 Å². The maximum Gasteiger partial charge on any atom is 0.231 e. The molecule has 0 aromatic carbocycles. The molecule has 0 aromatic heterocycles. The number of unbranched alkanes of at least 4 members (excludes halogenated alkanes) is 2. The van der Waals surface area contributed by atoms with Crippen molar-refractivity contribution in [3.8, 4) is 0 Å². The predicted molar refractivity (Wildman–Crippen MR) is 185 cm³/mol. The van der Waals surface area contributed by atoms with Gasteiger partial charge in [-0.2, -0.15) is 0 Å². The van der Waals surface area contributed by atoms with E-state index < -0.39 is 0 Å². The van der Waals surface area contributed by atoms with E-state index in [2.05, 4.69) is 86.4 Å². The van der Waals surface area contributed by atoms with Gasteiger partial charge in [0.05, 0.1) is 53.5 Å². The number of nitrogens with zero attached hydrogens (tertiary/aromatic N) is 5. The van der Waals surface area contributed by atoms with Crippen molar-refractivity contribution < 1.29 is 23.2 Å². The molecule has 0 atom stereocenters. The Hall–Kier alpha value is -1.28. The number of rotatable bonds is 14. The fourth-order valence-electron chi connectivity index (χ4n) is 6.19. The molecule has 7 heteroatoms. The van der Waals surface area contributed by atoms with Gasteiger partial charge in [0.25, 0.3) is 0 Å². The lowest BCUT2D eigenvalue weighted by Gasteiger charge is -2.41. The van der Waals surface area contributed by atoms with E-state index in [-0.39, 0.29) is 0 Å². The maximum absolute atomic E-state index is 5.40. The van der Waals surface area contributed by atoms with E-state index in [1.807, 2.05) is 4.70 Å². The molecule has 0 spiro atoms. The zero-order valence-electron chi connectivity index (χ0n) is 30.8. The summed E-state index contributed by atoms with van der Waals surface area (Å²) >= 11 is 0. The summed E-state index contributed by atoms with van der Waals surface area (Å²) in [5.41, 5.74) is 3.40. The van der Waals surface area contributed by atoms with Gasteiger partial charge in [-0.15, -0.1) is 0 Å². The molecule has 254 valence electrons. The van der Waals surface area contributed by atoms with Crippen molar-refractivity contribution in [1.82, 2.24) is 4.90 Å². The second-order valence-corrected chi connectivity index (χ2v) is 13.4. The van der Waals surface area contributed by atoms with E-state index >= 15 is 0 Å². The summed E-state index contributed by atoms with van der Waals surface area (Å²) in [6, 6.07) is 0. The minimum atomic E-state index is 0.746. The van der Waals surface area contributed by atoms with Gasteiger partial charge in [0.2, 0.25) is 12.3 Å². The Balaban J connectivity index is 0.000000549. The Morgan fingerprint density at radius 2 is 1.44 bits per heavy atom. The van der Waals surface area contributed by atoms with Gasteiger partial charge in [0, 0.05) is 19.5 Å². The highest BCUT2D eigenvalue weighted by atomic mass is 16.7. The van der Waals surface area contributed by atoms with Crippen molar-refractivity contribution in [2.24, 2.45) is 5.28 Å². The smallest absolute Gasteiger partial charge is 0.231 e. The Labute approximate surface area is 269 Å². The third kappa shape index (κ3) is 19.7. The van der Waals surface area contributed by atoms with E-state index in [9.17, 15) is 0 Å². The van der Waals surface area contributed by atoms with Crippen molar-refractivity contribution in [3.63, 3.8) is 0 Å². The van der Waals surface area contributed by atoms with Crippen molar-refractivity contribution in [1.29, 1.82) is 0 Å². The first kappa shape index (κ1) is 41.7. The Morgan fingerprint density at radius 1 is 0.837 bits per heavy atom. The molecule has 7 nitrogen and oxygen atoms in total. The van der Waals surface area contributed by atoms with Crippen LogP contribution in [0.2, 0.25) is 0 Å². The Morgan fingerprint density at radius 3 is 1.91 bits per heavy atom. The van der Waals surface area contributed by atoms with Crippen LogP contribution < -0.4 is 0 Å². The van der Waals surface area contributed by atoms with Gasteiger partial charge in [-0.05, 0) is 52.0 Å². The van der Waals surface area contributed by atoms with Gasteiger partial charge < -0.3 is 23.4 Å². The lowest BCUT2D eigenvalue weighted by molar-refractivity contribution is -0.935. The largest absolute Gasteiger partial charge is 0.370 e. The predicted octanol–water partition coefficient (Wildman–Crippen LogP) is 8.07. The number of quaternary nitrogens is 2. The zero-order chi connectivity index (χ0) is 32.6. The molecular formula is C36H76N5O2+3. The highest BCUT2D eigenvalue weighted by Gasteiger charge is 2.28. The van der Waals surface area contributed by atoms with Crippen molar-refractivity contribution in [3.05, 3.63) is 23.5 Å². The Kier molecular flexibility index (Phi) is 24.2. The summed E-state index contributed by atoms with van der Waals surface area (Å²) in [7, 11) is 6.85. The minimum Gasteiger partial charge on any atom is -0.370 e. The molecule has 1 fully saturated rings. The molecule has 3 aliphatic rings. The molecule has 0 radical (unpaired) electrons. The average molecular weight is 611 g/mol. The third-order valence-corrected chi connectivity index (χ3v) is 8.79. The van der Waals surface area contributed by atoms with Crippen LogP contribution >= 0.6 is 0 Å². The van der Waals surface area contributed by atoms with Crippen molar-refractivity contribution in [2.75, 3.05) is 99.8 Å². The van der Waals surface area contributed by atoms with Crippen LogP contribution in [0.1, 0.15) is 113 Å². The minimum absolute atomic E-state index is 0.746. The van der Waals surface area contributed by atoms with E-state index in [1.54, 1.807) is 11.1 Å². The highest BCUT2D eigenvalue weighted by molar-refractivity contribution is 5.18. The molecule has 43 heavy (non-hydrogen) atoms. The molecule has 0 unspecified atom stereocenters. The molecule has 3 rings (SSSR count). The summed E-state index contributed by atoms with van der Waals surface area (Å²) in [6.07, 6.45) is 12.8. The highest BCUT2D eigenvalue weighted by Crippen LogP contribution is 2.21. The average Bonchev–Trinajstić information content (AvgIpc) is 3.41. The van der Waals surface area contributed by atoms with Crippen LogP contribution in [0.5, 0.6) is 0 Å². The SMILES string of the molecule is C=C1C[N+](CCCC)=NO1.CCC1=C(CC)CN(C)CC1.CCCC[N+](C)(C)CCC.CCC[N+]1(CCC)CCOCC1. The second-order valence-electron chi connectivity index (χ2n) is 13.4. The second kappa shape index (κ2) is 25.0. The maximum atomic E-state index is 5.40. The van der Waals surface area contributed by atoms with Gasteiger partial charge >= 0.3 is 0 Å². The van der Waals surface area contributed by atoms with Crippen LogP contribution in [0.15, 0.2) is 28.8 Å². The van der Waals surface area contributed by atoms with Crippen LogP contribution in [0, 0.1) is 0 Å². The summed E-state index contributed by atoms with van der Waals surface area (Å²) in [6.45, 7) is 33.4. The van der Waals surface area contributed by atoms with E-state index in [4.69, 9.17) is 9.57 Å². The summed E-state index contributed by atoms with van der Waals surface area (Å²) in [5.74, 6) is 0.746. The third-order valence-electron chi connectivity index (χ3n) is 8.79. The number of hydrogen-bond acceptors (Lipinski definition) is 4. The molecule has 0 N–H and O–H groups in total. The molecular weight excluding hydrogens is 534 g/mol. The van der Waals surface area contributed by atoms with E-state index in [0.717, 1.165) is 32.1 Å². The zero-order valence-corrected chi connectivity index (χ0v) is 30.8. The van der Waals surface area contributed by atoms with Gasteiger partial charge in [-0.3, -0.25) is 0 Å². The quantitative estimate of drug-likeness (QED) is 0.113. The lowest BCUT2D eigenvalue weighted by atomic mass is 9.96. The first-order chi connectivity index (χ1) is 20.5. The van der Waals surface area contributed by atoms with Crippen molar-refractivity contribution in [2.45, 2.75) is 113 Å². The van der Waals surface area contributed by atoms with Gasteiger partial charge in [0.1, 0.15) is 13.1 Å². The van der Waals surface area contributed by atoms with Crippen LogP contribution in [0.3, 0.4) is 0 Å². The first-order valence-electron chi connectivity index (χ1n) is 18.0. The molecule has 0 saturated carbocycles. The standard InChI is InChI=1S/C10H22NO.C10H19N.C9H22N.C7H13N2O/c1-3-5-11(6-4-2)7-9-12-10-8-11;1-4-9-6-7-11(3)8-10(9)5-2;1-5-7-9-10(3,4)8-6-2;1-3-4-5-9-6-7(2)10-8-9/h3-10H2,1-2H3;4-8H2,1-3H3;5-9H2,1-4H3;2-6H2,1H3/q+1;;2*+1. The fraction of sp³-hybridized carbons (Fsp3) is 0.889. The van der Waals surface area contributed by atoms with E-state index in [0.29, 0.717) is 0 Å². The summed E-state index contributed by atoms with van der Waals surface area (Å²) in [4.78, 5) is 7.23. The monoisotopic (exact) mass is 611 g/mol. The summed E-state index contributed by atoms with van der Waals surface area (Å²) in [5, 5.41) is 3.79. The van der Waals surface area contributed by atoms with Gasteiger partial charge in [-0.1, -0.05) is 83.7 Å². The molecule has 0 amide bonds. The number of hydrogen-bond donors (Lipinski definition) is 0. The molecule has 1 saturated heterocycles. The van der Waals surface area contributed by atoms with Crippen molar-refractivity contribution >= 4 is 0 Å². The topological polar surface area (TPSA) is 37.1 Å². The normalized spacial score (nSPS) is 18.4. The Bertz CT molecular complexity index is 756. The number of ether oxygens (including phenoxy) is 1. The van der Waals surface area contributed by atoms with E-state index in [1.165, 1.54) is 126 Å². The first-order valence-corrected chi connectivity index (χ1v) is 18.0. The lowest BCUT2D eigenvalue weighted by Crippen LogP contribution is -2.55.